The van der Waals surface area contributed by atoms with E-state index in [9.17, 15) is 22.4 Å². The summed E-state index contributed by atoms with van der Waals surface area (Å²) in [6, 6.07) is -0.439. The number of benzene rings is 1. The van der Waals surface area contributed by atoms with Crippen LogP contribution in [0.2, 0.25) is 0 Å². The van der Waals surface area contributed by atoms with Gasteiger partial charge in [-0.05, 0) is 12.8 Å². The van der Waals surface area contributed by atoms with Crippen molar-refractivity contribution in [1.29, 1.82) is 0 Å². The fourth-order valence-electron chi connectivity index (χ4n) is 1.59. The Kier molecular flexibility index (Phi) is 4.97. The molecule has 0 aromatic heterocycles. The van der Waals surface area contributed by atoms with Crippen molar-refractivity contribution in [3.63, 3.8) is 0 Å². The second-order valence-corrected chi connectivity index (χ2v) is 4.63. The first-order chi connectivity index (χ1) is 9.22. The molecular weight excluding hydrogens is 278 g/mol. The zero-order chi connectivity index (χ0) is 15.6. The Morgan fingerprint density at radius 3 is 1.95 bits per heavy atom. The van der Waals surface area contributed by atoms with Crippen molar-refractivity contribution < 1.29 is 27.5 Å². The van der Waals surface area contributed by atoms with Crippen LogP contribution in [0.1, 0.15) is 37.6 Å². The average Bonchev–Trinajstić information content (AvgIpc) is 2.42. The predicted molar refractivity (Wildman–Crippen MR) is 64.3 cm³/mol. The van der Waals surface area contributed by atoms with Gasteiger partial charge in [0.05, 0.1) is 0 Å². The number of aromatic hydroxyl groups is 1. The Labute approximate surface area is 113 Å². The maximum atomic E-state index is 13.5. The largest absolute Gasteiger partial charge is 0.503 e. The van der Waals surface area contributed by atoms with Gasteiger partial charge in [-0.25, -0.2) is 8.78 Å². The van der Waals surface area contributed by atoms with Gasteiger partial charge in [0.2, 0.25) is 11.6 Å². The number of rotatable bonds is 4. The summed E-state index contributed by atoms with van der Waals surface area (Å²) in [5, 5.41) is 11.1. The van der Waals surface area contributed by atoms with Crippen molar-refractivity contribution in [2.24, 2.45) is 5.92 Å². The fraction of sp³-hybridized carbons (Fsp3) is 0.462. The minimum atomic E-state index is -2.00. The van der Waals surface area contributed by atoms with Gasteiger partial charge < -0.3 is 10.4 Å². The number of hydrogen-bond acceptors (Lipinski definition) is 2. The molecule has 112 valence electrons. The van der Waals surface area contributed by atoms with E-state index >= 15 is 0 Å². The van der Waals surface area contributed by atoms with E-state index in [2.05, 4.69) is 5.32 Å². The quantitative estimate of drug-likeness (QED) is 0.662. The van der Waals surface area contributed by atoms with Crippen molar-refractivity contribution in [2.75, 3.05) is 0 Å². The van der Waals surface area contributed by atoms with Gasteiger partial charge in [-0.3, -0.25) is 4.79 Å². The molecule has 0 aliphatic heterocycles. The second kappa shape index (κ2) is 6.11. The third-order valence-corrected chi connectivity index (χ3v) is 3.32. The lowest BCUT2D eigenvalue weighted by Gasteiger charge is -2.20. The number of hydrogen-bond donors (Lipinski definition) is 2. The molecule has 1 rings (SSSR count). The molecule has 0 spiro atoms. The molecule has 2 atom stereocenters. The van der Waals surface area contributed by atoms with Crippen LogP contribution in [0.3, 0.4) is 0 Å². The Hall–Kier alpha value is -1.79. The summed E-state index contributed by atoms with van der Waals surface area (Å²) in [7, 11) is 0. The lowest BCUT2D eigenvalue weighted by molar-refractivity contribution is 0.0916. The molecule has 0 heterocycles. The monoisotopic (exact) mass is 293 g/mol. The van der Waals surface area contributed by atoms with Crippen molar-refractivity contribution in [3.8, 4) is 5.75 Å². The molecule has 0 saturated heterocycles. The second-order valence-electron chi connectivity index (χ2n) is 4.63. The number of carbonyl (C=O) groups excluding carboxylic acids is 1. The summed E-state index contributed by atoms with van der Waals surface area (Å²) in [5.74, 6) is -10.9. The minimum absolute atomic E-state index is 0.0110. The maximum Gasteiger partial charge on any atom is 0.257 e. The van der Waals surface area contributed by atoms with Crippen molar-refractivity contribution >= 4 is 5.91 Å². The number of halogens is 4. The van der Waals surface area contributed by atoms with Gasteiger partial charge in [-0.2, -0.15) is 8.78 Å². The summed E-state index contributed by atoms with van der Waals surface area (Å²) in [4.78, 5) is 11.7. The van der Waals surface area contributed by atoms with Crippen LogP contribution in [-0.4, -0.2) is 17.1 Å². The van der Waals surface area contributed by atoms with Crippen LogP contribution in [0, 0.1) is 29.2 Å². The molecule has 0 bridgehead atoms. The van der Waals surface area contributed by atoms with E-state index < -0.39 is 46.5 Å². The topological polar surface area (TPSA) is 49.3 Å². The number of nitrogens with one attached hydrogen (secondary N) is 1. The van der Waals surface area contributed by atoms with Gasteiger partial charge in [0.15, 0.2) is 17.4 Å². The fourth-order valence-corrected chi connectivity index (χ4v) is 1.59. The van der Waals surface area contributed by atoms with Gasteiger partial charge in [-0.1, -0.05) is 20.3 Å². The maximum absolute atomic E-state index is 13.5. The SMILES string of the molecule is CC[C@H](C)C(C)NC(=O)c1c(F)c(F)c(O)c(F)c1F. The summed E-state index contributed by atoms with van der Waals surface area (Å²) < 4.78 is 53.3. The highest BCUT2D eigenvalue weighted by Gasteiger charge is 2.30. The van der Waals surface area contributed by atoms with E-state index in [4.69, 9.17) is 5.11 Å². The Bertz CT molecular complexity index is 505. The normalized spacial score (nSPS) is 13.9. The van der Waals surface area contributed by atoms with Gasteiger partial charge in [0.1, 0.15) is 5.56 Å². The van der Waals surface area contributed by atoms with Gasteiger partial charge in [-0.15, -0.1) is 0 Å². The van der Waals surface area contributed by atoms with Crippen LogP contribution in [0.5, 0.6) is 5.75 Å². The number of carbonyl (C=O) groups is 1. The number of amides is 1. The molecule has 0 aliphatic carbocycles. The third kappa shape index (κ3) is 2.86. The third-order valence-electron chi connectivity index (χ3n) is 3.32. The Balaban J connectivity index is 3.18. The van der Waals surface area contributed by atoms with E-state index in [1.165, 1.54) is 0 Å². The molecule has 7 heteroatoms. The van der Waals surface area contributed by atoms with E-state index in [1.54, 1.807) is 13.8 Å². The van der Waals surface area contributed by atoms with Gasteiger partial charge >= 0.3 is 0 Å². The molecule has 1 aromatic carbocycles. The lowest BCUT2D eigenvalue weighted by Crippen LogP contribution is -2.38. The highest BCUT2D eigenvalue weighted by Crippen LogP contribution is 2.28. The minimum Gasteiger partial charge on any atom is -0.503 e. The van der Waals surface area contributed by atoms with E-state index in [0.717, 1.165) is 0 Å². The summed E-state index contributed by atoms with van der Waals surface area (Å²) in [6.45, 7) is 5.26. The molecule has 1 amide bonds. The zero-order valence-corrected chi connectivity index (χ0v) is 11.2. The summed E-state index contributed by atoms with van der Waals surface area (Å²) in [5.41, 5.74) is -1.38. The molecule has 1 aromatic rings. The first-order valence-electron chi connectivity index (χ1n) is 6.08. The van der Waals surface area contributed by atoms with E-state index in [-0.39, 0.29) is 5.92 Å². The van der Waals surface area contributed by atoms with Crippen LogP contribution in [-0.2, 0) is 0 Å². The average molecular weight is 293 g/mol. The first-order valence-corrected chi connectivity index (χ1v) is 6.08. The Morgan fingerprint density at radius 2 is 1.55 bits per heavy atom. The smallest absolute Gasteiger partial charge is 0.257 e. The van der Waals surface area contributed by atoms with E-state index in [1.807, 2.05) is 6.92 Å². The van der Waals surface area contributed by atoms with Crippen molar-refractivity contribution in [1.82, 2.24) is 5.32 Å². The van der Waals surface area contributed by atoms with E-state index in [0.29, 0.717) is 6.42 Å². The standard InChI is InChI=1S/C13H15F4NO2/c1-4-5(2)6(3)18-13(20)7-8(14)10(16)12(19)11(17)9(7)15/h5-6,19H,4H2,1-3H3,(H,18,20)/t5-,6?/m0/s1. The molecule has 2 N–H and O–H groups in total. The molecule has 3 nitrogen and oxygen atoms in total. The number of phenols is 1. The molecule has 1 unspecified atom stereocenters. The summed E-state index contributed by atoms with van der Waals surface area (Å²) in [6.07, 6.45) is 0.699. The van der Waals surface area contributed by atoms with Gasteiger partial charge in [0.25, 0.3) is 5.91 Å². The number of phenolic OH excluding ortho intramolecular Hbond substituents is 1. The predicted octanol–water partition coefficient (Wildman–Crippen LogP) is 3.11. The van der Waals surface area contributed by atoms with Crippen LogP contribution in [0.15, 0.2) is 0 Å². The zero-order valence-electron chi connectivity index (χ0n) is 11.2. The van der Waals surface area contributed by atoms with Crippen molar-refractivity contribution in [3.05, 3.63) is 28.8 Å². The van der Waals surface area contributed by atoms with Crippen LogP contribution in [0.4, 0.5) is 17.6 Å². The van der Waals surface area contributed by atoms with Crippen LogP contribution < -0.4 is 5.32 Å². The lowest BCUT2D eigenvalue weighted by atomic mass is 10.0. The molecular formula is C13H15F4NO2. The van der Waals surface area contributed by atoms with Gasteiger partial charge in [0, 0.05) is 6.04 Å². The Morgan fingerprint density at radius 1 is 1.10 bits per heavy atom. The first kappa shape index (κ1) is 16.3. The highest BCUT2D eigenvalue weighted by atomic mass is 19.2. The summed E-state index contributed by atoms with van der Waals surface area (Å²) >= 11 is 0. The molecule has 0 radical (unpaired) electrons. The van der Waals surface area contributed by atoms with Crippen molar-refractivity contribution in [2.45, 2.75) is 33.2 Å². The van der Waals surface area contributed by atoms with Crippen LogP contribution in [0.25, 0.3) is 0 Å². The molecule has 0 fully saturated rings. The molecule has 20 heavy (non-hydrogen) atoms. The molecule has 0 aliphatic rings. The molecule has 0 saturated carbocycles. The van der Waals surface area contributed by atoms with Crippen LogP contribution >= 0.6 is 0 Å². The highest BCUT2D eigenvalue weighted by molar-refractivity contribution is 5.95.